The van der Waals surface area contributed by atoms with Crippen molar-refractivity contribution in [1.29, 1.82) is 0 Å². The summed E-state index contributed by atoms with van der Waals surface area (Å²) in [7, 11) is 0. The van der Waals surface area contributed by atoms with Crippen molar-refractivity contribution in [3.05, 3.63) is 70.3 Å². The predicted molar refractivity (Wildman–Crippen MR) is 130 cm³/mol. The van der Waals surface area contributed by atoms with E-state index in [0.717, 1.165) is 59.2 Å². The molecule has 0 aliphatic heterocycles. The fraction of sp³-hybridized carbons (Fsp3) is 0.292. The molecule has 1 fully saturated rings. The number of aromatic nitrogens is 2. The largest absolute Gasteiger partial charge is 0.367 e. The van der Waals surface area contributed by atoms with E-state index in [0.29, 0.717) is 23.7 Å². The summed E-state index contributed by atoms with van der Waals surface area (Å²) < 4.78 is 0. The van der Waals surface area contributed by atoms with E-state index in [-0.39, 0.29) is 0 Å². The van der Waals surface area contributed by atoms with Crippen LogP contribution < -0.4 is 10.6 Å². The van der Waals surface area contributed by atoms with E-state index in [1.165, 1.54) is 0 Å². The van der Waals surface area contributed by atoms with Crippen LogP contribution >= 0.6 is 23.2 Å². The lowest BCUT2D eigenvalue weighted by Crippen LogP contribution is -2.27. The maximum atomic E-state index is 6.47. The van der Waals surface area contributed by atoms with Gasteiger partial charge >= 0.3 is 0 Å². The Hall–Kier alpha value is -2.63. The third kappa shape index (κ3) is 5.75. The molecule has 1 saturated carbocycles. The van der Waals surface area contributed by atoms with Crippen LogP contribution in [0.2, 0.25) is 10.0 Å². The van der Waals surface area contributed by atoms with Gasteiger partial charge in [-0.25, -0.2) is 9.97 Å². The first-order valence-electron chi connectivity index (χ1n) is 10.4. The maximum Gasteiger partial charge on any atom is 0.126 e. The van der Waals surface area contributed by atoms with Gasteiger partial charge in [-0.05, 0) is 68.3 Å². The average molecular weight is 454 g/mol. The quantitative estimate of drug-likeness (QED) is 0.401. The van der Waals surface area contributed by atoms with Crippen molar-refractivity contribution in [2.75, 3.05) is 10.6 Å². The van der Waals surface area contributed by atoms with Gasteiger partial charge in [-0.2, -0.15) is 0 Å². The molecule has 2 heterocycles. The van der Waals surface area contributed by atoms with Gasteiger partial charge in [-0.1, -0.05) is 41.4 Å². The first-order valence-corrected chi connectivity index (χ1v) is 11.2. The zero-order chi connectivity index (χ0) is 21.6. The summed E-state index contributed by atoms with van der Waals surface area (Å²) >= 11 is 12.5. The van der Waals surface area contributed by atoms with Gasteiger partial charge in [0.1, 0.15) is 11.6 Å². The Labute approximate surface area is 193 Å². The molecule has 0 spiro atoms. The lowest BCUT2D eigenvalue weighted by Gasteiger charge is -2.27. The Balaban J connectivity index is 1.46. The van der Waals surface area contributed by atoms with Crippen molar-refractivity contribution in [2.45, 2.75) is 44.3 Å². The first-order chi connectivity index (χ1) is 15.1. The highest BCUT2D eigenvalue weighted by atomic mass is 35.5. The molecule has 1 aliphatic carbocycles. The van der Waals surface area contributed by atoms with Crippen LogP contribution in [0.15, 0.2) is 59.7 Å². The second kappa shape index (κ2) is 10.1. The van der Waals surface area contributed by atoms with Crippen molar-refractivity contribution in [3.8, 4) is 11.3 Å². The number of pyridine rings is 2. The van der Waals surface area contributed by atoms with E-state index >= 15 is 0 Å². The van der Waals surface area contributed by atoms with E-state index in [2.05, 4.69) is 27.3 Å². The highest BCUT2D eigenvalue weighted by Gasteiger charge is 2.20. The Morgan fingerprint density at radius 1 is 1.00 bits per heavy atom. The molecule has 2 N–H and O–H groups in total. The smallest absolute Gasteiger partial charge is 0.126 e. The Morgan fingerprint density at radius 2 is 1.81 bits per heavy atom. The van der Waals surface area contributed by atoms with Gasteiger partial charge in [0.15, 0.2) is 0 Å². The van der Waals surface area contributed by atoms with Crippen LogP contribution in [0.4, 0.5) is 11.6 Å². The minimum Gasteiger partial charge on any atom is -0.367 e. The van der Waals surface area contributed by atoms with E-state index in [1.807, 2.05) is 48.5 Å². The molecule has 0 radical (unpaired) electrons. The molecule has 1 aromatic carbocycles. The van der Waals surface area contributed by atoms with Crippen molar-refractivity contribution < 1.29 is 0 Å². The van der Waals surface area contributed by atoms with E-state index in [9.17, 15) is 0 Å². The fourth-order valence-electron chi connectivity index (χ4n) is 3.85. The van der Waals surface area contributed by atoms with Gasteiger partial charge in [-0.15, -0.1) is 0 Å². The lowest BCUT2D eigenvalue weighted by molar-refractivity contribution is 0.413. The molecule has 31 heavy (non-hydrogen) atoms. The SMILES string of the molecule is C=NC1CCC(Nc2cc(-c3cccc(NCc4cccc(Cl)c4)n3)c(Cl)cn2)CC1. The van der Waals surface area contributed by atoms with Gasteiger partial charge in [0.05, 0.1) is 10.7 Å². The van der Waals surface area contributed by atoms with Crippen LogP contribution in [0.25, 0.3) is 11.3 Å². The van der Waals surface area contributed by atoms with Crippen molar-refractivity contribution >= 4 is 41.6 Å². The van der Waals surface area contributed by atoms with E-state index in [1.54, 1.807) is 6.20 Å². The number of anilines is 2. The molecule has 4 rings (SSSR count). The minimum atomic E-state index is 0.387. The van der Waals surface area contributed by atoms with Crippen molar-refractivity contribution in [3.63, 3.8) is 0 Å². The lowest BCUT2D eigenvalue weighted by atomic mass is 9.91. The Kier molecular flexibility index (Phi) is 7.05. The summed E-state index contributed by atoms with van der Waals surface area (Å²) in [5.74, 6) is 1.59. The van der Waals surface area contributed by atoms with Gasteiger partial charge in [0.2, 0.25) is 0 Å². The highest BCUT2D eigenvalue weighted by Crippen LogP contribution is 2.30. The van der Waals surface area contributed by atoms with Crippen LogP contribution in [-0.2, 0) is 6.54 Å². The normalized spacial score (nSPS) is 18.4. The zero-order valence-corrected chi connectivity index (χ0v) is 18.7. The van der Waals surface area contributed by atoms with E-state index in [4.69, 9.17) is 28.2 Å². The maximum absolute atomic E-state index is 6.47. The first kappa shape index (κ1) is 21.6. The van der Waals surface area contributed by atoms with Crippen LogP contribution in [0, 0.1) is 0 Å². The summed E-state index contributed by atoms with van der Waals surface area (Å²) in [6.45, 7) is 4.31. The van der Waals surface area contributed by atoms with Gasteiger partial charge in [0.25, 0.3) is 0 Å². The summed E-state index contributed by atoms with van der Waals surface area (Å²) in [6.07, 6.45) is 5.92. The molecule has 3 aromatic rings. The second-order valence-electron chi connectivity index (χ2n) is 7.77. The molecule has 0 bridgehead atoms. The van der Waals surface area contributed by atoms with Gasteiger partial charge < -0.3 is 10.6 Å². The second-order valence-corrected chi connectivity index (χ2v) is 8.62. The van der Waals surface area contributed by atoms with Gasteiger partial charge in [-0.3, -0.25) is 4.99 Å². The number of nitrogens with zero attached hydrogens (tertiary/aromatic N) is 3. The molecule has 5 nitrogen and oxygen atoms in total. The van der Waals surface area contributed by atoms with Crippen LogP contribution in [0.1, 0.15) is 31.2 Å². The number of rotatable bonds is 7. The summed E-state index contributed by atoms with van der Waals surface area (Å²) in [5.41, 5.74) is 2.74. The molecule has 0 amide bonds. The molecule has 0 atom stereocenters. The van der Waals surface area contributed by atoms with Crippen LogP contribution in [-0.4, -0.2) is 28.8 Å². The number of hydrogen-bond donors (Lipinski definition) is 2. The molecule has 7 heteroatoms. The average Bonchev–Trinajstić information content (AvgIpc) is 2.80. The highest BCUT2D eigenvalue weighted by molar-refractivity contribution is 6.33. The number of halogens is 2. The monoisotopic (exact) mass is 453 g/mol. The molecule has 2 aromatic heterocycles. The van der Waals surface area contributed by atoms with Crippen LogP contribution in [0.3, 0.4) is 0 Å². The number of benzene rings is 1. The minimum absolute atomic E-state index is 0.387. The Bertz CT molecular complexity index is 1050. The predicted octanol–water partition coefficient (Wildman–Crippen LogP) is 6.49. The third-order valence-corrected chi connectivity index (χ3v) is 6.09. The molecule has 0 saturated heterocycles. The number of nitrogens with one attached hydrogen (secondary N) is 2. The summed E-state index contributed by atoms with van der Waals surface area (Å²) in [6, 6.07) is 16.4. The van der Waals surface area contributed by atoms with Gasteiger partial charge in [0, 0.05) is 35.4 Å². The molecular weight excluding hydrogens is 429 g/mol. The number of aliphatic imine (C=N–C) groups is 1. The topological polar surface area (TPSA) is 62.2 Å². The fourth-order valence-corrected chi connectivity index (χ4v) is 4.26. The Morgan fingerprint density at radius 3 is 2.58 bits per heavy atom. The molecular formula is C24H25Cl2N5. The molecule has 160 valence electrons. The summed E-state index contributed by atoms with van der Waals surface area (Å²) in [5, 5.41) is 8.19. The molecule has 0 unspecified atom stereocenters. The standard InChI is InChI=1S/C24H25Cl2N5/c1-27-18-8-10-19(11-9-18)30-24-13-20(21(26)15-29-24)22-6-3-7-23(31-22)28-14-16-4-2-5-17(25)12-16/h2-7,12-13,15,18-19H,1,8-11,14H2,(H,28,31)(H,29,30). The zero-order valence-electron chi connectivity index (χ0n) is 17.2. The van der Waals surface area contributed by atoms with Crippen molar-refractivity contribution in [1.82, 2.24) is 9.97 Å². The van der Waals surface area contributed by atoms with Crippen LogP contribution in [0.5, 0.6) is 0 Å². The van der Waals surface area contributed by atoms with E-state index < -0.39 is 0 Å². The third-order valence-electron chi connectivity index (χ3n) is 5.55. The number of hydrogen-bond acceptors (Lipinski definition) is 5. The summed E-state index contributed by atoms with van der Waals surface area (Å²) in [4.78, 5) is 13.4. The van der Waals surface area contributed by atoms with Crippen molar-refractivity contribution in [2.24, 2.45) is 4.99 Å². The molecule has 1 aliphatic rings.